The lowest BCUT2D eigenvalue weighted by Gasteiger charge is -2.09. The van der Waals surface area contributed by atoms with Gasteiger partial charge in [0.2, 0.25) is 0 Å². The monoisotopic (exact) mass is 273 g/mol. The molecule has 0 fully saturated rings. The fourth-order valence-electron chi connectivity index (χ4n) is 1.85. The van der Waals surface area contributed by atoms with Crippen molar-refractivity contribution in [2.45, 2.75) is 0 Å². The van der Waals surface area contributed by atoms with Crippen LogP contribution in [-0.4, -0.2) is 30.2 Å². The maximum absolute atomic E-state index is 9.99. The number of ether oxygens (including phenoxy) is 2. The smallest absolute Gasteiger partial charge is 0.128 e. The van der Waals surface area contributed by atoms with Crippen LogP contribution in [0.3, 0.4) is 0 Å². The summed E-state index contributed by atoms with van der Waals surface area (Å²) in [6.07, 6.45) is 0. The summed E-state index contributed by atoms with van der Waals surface area (Å²) in [7, 11) is 3.09. The minimum absolute atomic E-state index is 0.0204. The molecule has 2 N–H and O–H groups in total. The molecule has 0 amide bonds. The highest BCUT2D eigenvalue weighted by Crippen LogP contribution is 2.26. The Bertz CT molecular complexity index is 620. The Hall–Kier alpha value is -2.69. The number of oxime groups is 1. The Morgan fingerprint density at radius 3 is 2.05 bits per heavy atom. The number of phenolic OH excluding ortho intramolecular Hbond substituents is 1. The van der Waals surface area contributed by atoms with Gasteiger partial charge in [-0.1, -0.05) is 5.16 Å². The molecule has 0 unspecified atom stereocenters. The molecule has 2 aromatic rings. The van der Waals surface area contributed by atoms with Crippen LogP contribution in [0.5, 0.6) is 17.2 Å². The van der Waals surface area contributed by atoms with Gasteiger partial charge < -0.3 is 19.8 Å². The van der Waals surface area contributed by atoms with Crippen molar-refractivity contribution in [2.75, 3.05) is 14.2 Å². The van der Waals surface area contributed by atoms with Crippen LogP contribution >= 0.6 is 0 Å². The maximum atomic E-state index is 9.99. The Kier molecular flexibility index (Phi) is 4.10. The van der Waals surface area contributed by atoms with Crippen LogP contribution < -0.4 is 9.47 Å². The molecule has 2 aromatic carbocycles. The lowest BCUT2D eigenvalue weighted by atomic mass is 10.0. The van der Waals surface area contributed by atoms with Gasteiger partial charge in [-0.05, 0) is 36.4 Å². The SMILES string of the molecule is COc1ccc(C(=NO)c2ccc(OC)cc2O)cc1. The summed E-state index contributed by atoms with van der Waals surface area (Å²) < 4.78 is 10.1. The summed E-state index contributed by atoms with van der Waals surface area (Å²) in [5.41, 5.74) is 1.35. The molecule has 5 nitrogen and oxygen atoms in total. The summed E-state index contributed by atoms with van der Waals surface area (Å²) >= 11 is 0. The molecule has 0 aliphatic carbocycles. The van der Waals surface area contributed by atoms with Crippen LogP contribution in [0.1, 0.15) is 11.1 Å². The van der Waals surface area contributed by atoms with Crippen molar-refractivity contribution in [3.8, 4) is 17.2 Å². The van der Waals surface area contributed by atoms with Gasteiger partial charge in [-0.25, -0.2) is 0 Å². The van der Waals surface area contributed by atoms with E-state index in [-0.39, 0.29) is 11.5 Å². The van der Waals surface area contributed by atoms with Gasteiger partial charge in [0.15, 0.2) is 0 Å². The van der Waals surface area contributed by atoms with Crippen LogP contribution in [-0.2, 0) is 0 Å². The van der Waals surface area contributed by atoms with Gasteiger partial charge in [0.05, 0.1) is 14.2 Å². The Morgan fingerprint density at radius 2 is 1.55 bits per heavy atom. The zero-order chi connectivity index (χ0) is 14.5. The van der Waals surface area contributed by atoms with Crippen molar-refractivity contribution >= 4 is 5.71 Å². The largest absolute Gasteiger partial charge is 0.507 e. The zero-order valence-corrected chi connectivity index (χ0v) is 11.2. The van der Waals surface area contributed by atoms with Crippen molar-refractivity contribution in [3.63, 3.8) is 0 Å². The number of hydrogen-bond acceptors (Lipinski definition) is 5. The van der Waals surface area contributed by atoms with Gasteiger partial charge in [-0.3, -0.25) is 0 Å². The fraction of sp³-hybridized carbons (Fsp3) is 0.133. The third kappa shape index (κ3) is 2.66. The lowest BCUT2D eigenvalue weighted by molar-refractivity contribution is 0.319. The summed E-state index contributed by atoms with van der Waals surface area (Å²) in [4.78, 5) is 0. The number of phenols is 1. The molecule has 0 aromatic heterocycles. The highest BCUT2D eigenvalue weighted by atomic mass is 16.5. The average molecular weight is 273 g/mol. The Labute approximate surface area is 116 Å². The highest BCUT2D eigenvalue weighted by Gasteiger charge is 2.13. The predicted octanol–water partition coefficient (Wildman–Crippen LogP) is 2.64. The van der Waals surface area contributed by atoms with E-state index in [9.17, 15) is 10.3 Å². The van der Waals surface area contributed by atoms with Crippen LogP contribution in [0.2, 0.25) is 0 Å². The van der Waals surface area contributed by atoms with E-state index in [0.717, 1.165) is 0 Å². The normalized spacial score (nSPS) is 11.2. The lowest BCUT2D eigenvalue weighted by Crippen LogP contribution is -2.04. The minimum atomic E-state index is -0.0204. The van der Waals surface area contributed by atoms with Gasteiger partial charge in [0, 0.05) is 17.2 Å². The molecule has 0 saturated heterocycles. The fourth-order valence-corrected chi connectivity index (χ4v) is 1.85. The summed E-state index contributed by atoms with van der Waals surface area (Å²) in [6, 6.07) is 11.8. The number of methoxy groups -OCH3 is 2. The third-order valence-electron chi connectivity index (χ3n) is 2.92. The van der Waals surface area contributed by atoms with E-state index in [1.807, 2.05) is 0 Å². The van der Waals surface area contributed by atoms with E-state index in [1.165, 1.54) is 13.2 Å². The molecule has 0 radical (unpaired) electrons. The first-order valence-corrected chi connectivity index (χ1v) is 5.93. The number of rotatable bonds is 4. The second-order valence-electron chi connectivity index (χ2n) is 4.06. The number of nitrogens with zero attached hydrogens (tertiary/aromatic N) is 1. The number of aromatic hydroxyl groups is 1. The molecule has 0 atom stereocenters. The zero-order valence-electron chi connectivity index (χ0n) is 11.2. The Morgan fingerprint density at radius 1 is 0.950 bits per heavy atom. The van der Waals surface area contributed by atoms with E-state index >= 15 is 0 Å². The van der Waals surface area contributed by atoms with E-state index in [4.69, 9.17) is 9.47 Å². The van der Waals surface area contributed by atoms with E-state index in [2.05, 4.69) is 5.16 Å². The third-order valence-corrected chi connectivity index (χ3v) is 2.92. The van der Waals surface area contributed by atoms with Crippen LogP contribution in [0.15, 0.2) is 47.6 Å². The molecule has 5 heteroatoms. The molecule has 104 valence electrons. The number of hydrogen-bond donors (Lipinski definition) is 2. The molecular weight excluding hydrogens is 258 g/mol. The molecule has 0 aliphatic heterocycles. The first-order chi connectivity index (χ1) is 9.69. The molecule has 2 rings (SSSR count). The maximum Gasteiger partial charge on any atom is 0.128 e. The summed E-state index contributed by atoms with van der Waals surface area (Å²) in [5.74, 6) is 1.20. The summed E-state index contributed by atoms with van der Waals surface area (Å²) in [6.45, 7) is 0. The van der Waals surface area contributed by atoms with Crippen molar-refractivity contribution in [3.05, 3.63) is 53.6 Å². The standard InChI is InChI=1S/C15H15NO4/c1-19-11-5-3-10(4-6-11)15(16-18)13-8-7-12(20-2)9-14(13)17/h3-9,17-18H,1-2H3. The second-order valence-corrected chi connectivity index (χ2v) is 4.06. The highest BCUT2D eigenvalue weighted by molar-refractivity contribution is 6.14. The quantitative estimate of drug-likeness (QED) is 0.510. The first-order valence-electron chi connectivity index (χ1n) is 5.93. The van der Waals surface area contributed by atoms with Gasteiger partial charge >= 0.3 is 0 Å². The van der Waals surface area contributed by atoms with E-state index in [1.54, 1.807) is 43.5 Å². The van der Waals surface area contributed by atoms with Gasteiger partial charge in [0.25, 0.3) is 0 Å². The molecule has 0 bridgehead atoms. The van der Waals surface area contributed by atoms with Crippen molar-refractivity contribution in [1.82, 2.24) is 0 Å². The van der Waals surface area contributed by atoms with E-state index < -0.39 is 0 Å². The number of benzene rings is 2. The molecule has 20 heavy (non-hydrogen) atoms. The van der Waals surface area contributed by atoms with Crippen molar-refractivity contribution < 1.29 is 19.8 Å². The summed E-state index contributed by atoms with van der Waals surface area (Å²) in [5, 5.41) is 22.5. The molecule has 0 aliphatic rings. The topological polar surface area (TPSA) is 71.3 Å². The Balaban J connectivity index is 2.42. The first kappa shape index (κ1) is 13.7. The van der Waals surface area contributed by atoms with Crippen LogP contribution in [0.4, 0.5) is 0 Å². The molecular formula is C15H15NO4. The molecule has 0 spiro atoms. The second kappa shape index (κ2) is 5.97. The van der Waals surface area contributed by atoms with Gasteiger partial charge in [0.1, 0.15) is 23.0 Å². The van der Waals surface area contributed by atoms with Gasteiger partial charge in [-0.2, -0.15) is 0 Å². The van der Waals surface area contributed by atoms with Crippen molar-refractivity contribution in [2.24, 2.45) is 5.16 Å². The molecule has 0 heterocycles. The predicted molar refractivity (Wildman–Crippen MR) is 75.1 cm³/mol. The van der Waals surface area contributed by atoms with E-state index in [0.29, 0.717) is 22.6 Å². The van der Waals surface area contributed by atoms with Crippen molar-refractivity contribution in [1.29, 1.82) is 0 Å². The average Bonchev–Trinajstić information content (AvgIpc) is 2.50. The molecule has 0 saturated carbocycles. The van der Waals surface area contributed by atoms with Gasteiger partial charge in [-0.15, -0.1) is 0 Å². The minimum Gasteiger partial charge on any atom is -0.507 e. The van der Waals surface area contributed by atoms with Crippen LogP contribution in [0, 0.1) is 0 Å². The van der Waals surface area contributed by atoms with Crippen LogP contribution in [0.25, 0.3) is 0 Å².